The highest BCUT2D eigenvalue weighted by Crippen LogP contribution is 2.23. The Morgan fingerprint density at radius 3 is 2.89 bits per heavy atom. The monoisotopic (exact) mass is 299 g/mol. The molecule has 0 aromatic carbocycles. The van der Waals surface area contributed by atoms with Crippen LogP contribution in [-0.4, -0.2) is 35.0 Å². The molecule has 0 unspecified atom stereocenters. The van der Waals surface area contributed by atoms with Gasteiger partial charge in [-0.05, 0) is 31.1 Å². The zero-order valence-corrected chi connectivity index (χ0v) is 11.8. The van der Waals surface area contributed by atoms with E-state index < -0.39 is 11.9 Å². The molecule has 0 saturated carbocycles. The molecule has 1 N–H and O–H groups in total. The van der Waals surface area contributed by atoms with Crippen LogP contribution in [-0.2, 0) is 9.59 Å². The van der Waals surface area contributed by atoms with Gasteiger partial charge in [0.15, 0.2) is 0 Å². The minimum absolute atomic E-state index is 0.143. The topological polar surface area (TPSA) is 57.6 Å². The van der Waals surface area contributed by atoms with E-state index in [9.17, 15) is 9.59 Å². The molecule has 19 heavy (non-hydrogen) atoms. The number of hydrogen-bond donors (Lipinski definition) is 1. The van der Waals surface area contributed by atoms with Gasteiger partial charge in [0, 0.05) is 24.0 Å². The number of carboxylic acids is 1. The Hall–Kier alpha value is -1.33. The van der Waals surface area contributed by atoms with E-state index in [1.807, 2.05) is 6.07 Å². The molecule has 1 saturated heterocycles. The molecule has 1 aliphatic heterocycles. The summed E-state index contributed by atoms with van der Waals surface area (Å²) in [5.41, 5.74) is 0. The second-order valence-corrected chi connectivity index (χ2v) is 6.18. The van der Waals surface area contributed by atoms with Gasteiger partial charge in [0.1, 0.15) is 0 Å². The molecule has 2 rings (SSSR count). The van der Waals surface area contributed by atoms with Crippen LogP contribution in [0.1, 0.15) is 17.7 Å². The van der Waals surface area contributed by atoms with Gasteiger partial charge >= 0.3 is 5.97 Å². The number of nitrogens with zero attached hydrogens (tertiary/aromatic N) is 1. The lowest BCUT2D eigenvalue weighted by Gasteiger charge is -2.29. The first-order chi connectivity index (χ1) is 9.06. The van der Waals surface area contributed by atoms with Crippen LogP contribution in [0.3, 0.4) is 0 Å². The van der Waals surface area contributed by atoms with Crippen molar-refractivity contribution in [1.82, 2.24) is 4.90 Å². The summed E-state index contributed by atoms with van der Waals surface area (Å²) in [6, 6.07) is 3.62. The van der Waals surface area contributed by atoms with Crippen molar-refractivity contribution in [3.63, 3.8) is 0 Å². The first kappa shape index (κ1) is 14.1. The summed E-state index contributed by atoms with van der Waals surface area (Å²) >= 11 is 7.20. The van der Waals surface area contributed by atoms with E-state index in [0.29, 0.717) is 23.8 Å². The molecular weight excluding hydrogens is 286 g/mol. The number of hydrogen-bond acceptors (Lipinski definition) is 3. The molecular formula is C13H14ClNO3S. The average molecular weight is 300 g/mol. The molecule has 0 bridgehead atoms. The fraction of sp³-hybridized carbons (Fsp3) is 0.385. The summed E-state index contributed by atoms with van der Waals surface area (Å²) in [5.74, 6) is -1.41. The second kappa shape index (κ2) is 6.21. The van der Waals surface area contributed by atoms with Crippen molar-refractivity contribution in [3.05, 3.63) is 27.4 Å². The van der Waals surface area contributed by atoms with E-state index in [2.05, 4.69) is 0 Å². The number of piperidine rings is 1. The highest BCUT2D eigenvalue weighted by atomic mass is 35.5. The largest absolute Gasteiger partial charge is 0.481 e. The number of thiophene rings is 1. The van der Waals surface area contributed by atoms with E-state index in [-0.39, 0.29) is 5.91 Å². The SMILES string of the molecule is O=C(O)[C@H]1CCCN(C(=O)/C=C/c2ccc(Cl)s2)C1. The van der Waals surface area contributed by atoms with Gasteiger partial charge in [0.05, 0.1) is 10.3 Å². The summed E-state index contributed by atoms with van der Waals surface area (Å²) in [6.07, 6.45) is 4.57. The van der Waals surface area contributed by atoms with Crippen LogP contribution in [0.15, 0.2) is 18.2 Å². The van der Waals surface area contributed by atoms with Crippen molar-refractivity contribution >= 4 is 40.9 Å². The van der Waals surface area contributed by atoms with Gasteiger partial charge in [-0.3, -0.25) is 9.59 Å². The third-order valence-corrected chi connectivity index (χ3v) is 4.26. The van der Waals surface area contributed by atoms with Crippen LogP contribution in [0.5, 0.6) is 0 Å². The Morgan fingerprint density at radius 1 is 1.47 bits per heavy atom. The summed E-state index contributed by atoms with van der Waals surface area (Å²) in [6.45, 7) is 0.919. The quantitative estimate of drug-likeness (QED) is 0.873. The minimum Gasteiger partial charge on any atom is -0.481 e. The van der Waals surface area contributed by atoms with E-state index in [0.717, 1.165) is 11.3 Å². The molecule has 102 valence electrons. The molecule has 1 fully saturated rings. The number of carboxylic acid groups (broad SMARTS) is 1. The Kier molecular flexibility index (Phi) is 4.61. The summed E-state index contributed by atoms with van der Waals surface area (Å²) in [7, 11) is 0. The number of halogens is 1. The maximum Gasteiger partial charge on any atom is 0.308 e. The maximum absolute atomic E-state index is 12.0. The molecule has 2 heterocycles. The Morgan fingerprint density at radius 2 is 2.26 bits per heavy atom. The van der Waals surface area contributed by atoms with Crippen molar-refractivity contribution in [1.29, 1.82) is 0 Å². The normalized spacial score (nSPS) is 19.8. The fourth-order valence-corrected chi connectivity index (χ4v) is 3.02. The Labute approximate surface area is 120 Å². The maximum atomic E-state index is 12.0. The zero-order valence-electron chi connectivity index (χ0n) is 10.2. The number of amides is 1. The molecule has 1 amide bonds. The molecule has 1 aliphatic rings. The lowest BCUT2D eigenvalue weighted by Crippen LogP contribution is -2.41. The fourth-order valence-electron chi connectivity index (χ4n) is 2.06. The van der Waals surface area contributed by atoms with Gasteiger partial charge in [-0.15, -0.1) is 11.3 Å². The molecule has 4 nitrogen and oxygen atoms in total. The predicted octanol–water partition coefficient (Wildman–Crippen LogP) is 2.74. The zero-order chi connectivity index (χ0) is 13.8. The lowest BCUT2D eigenvalue weighted by atomic mass is 9.98. The van der Waals surface area contributed by atoms with Crippen molar-refractivity contribution < 1.29 is 14.7 Å². The smallest absolute Gasteiger partial charge is 0.308 e. The summed E-state index contributed by atoms with van der Waals surface area (Å²) in [5, 5.41) is 8.98. The van der Waals surface area contributed by atoms with Crippen LogP contribution in [0.25, 0.3) is 6.08 Å². The van der Waals surface area contributed by atoms with Crippen molar-refractivity contribution in [2.24, 2.45) is 5.92 Å². The number of rotatable bonds is 3. The average Bonchev–Trinajstić information content (AvgIpc) is 2.82. The molecule has 6 heteroatoms. The molecule has 0 radical (unpaired) electrons. The number of carbonyl (C=O) groups excluding carboxylic acids is 1. The van der Waals surface area contributed by atoms with Gasteiger partial charge in [-0.1, -0.05) is 11.6 Å². The van der Waals surface area contributed by atoms with Crippen LogP contribution < -0.4 is 0 Å². The molecule has 0 spiro atoms. The lowest BCUT2D eigenvalue weighted by molar-refractivity contribution is -0.144. The summed E-state index contributed by atoms with van der Waals surface area (Å²) < 4.78 is 0.677. The van der Waals surface area contributed by atoms with Gasteiger partial charge in [0.2, 0.25) is 5.91 Å². The van der Waals surface area contributed by atoms with Gasteiger partial charge < -0.3 is 10.0 Å². The van der Waals surface area contributed by atoms with Gasteiger partial charge in [0.25, 0.3) is 0 Å². The number of carbonyl (C=O) groups is 2. The van der Waals surface area contributed by atoms with E-state index >= 15 is 0 Å². The molecule has 1 aromatic heterocycles. The first-order valence-electron chi connectivity index (χ1n) is 6.01. The Bertz CT molecular complexity index is 512. The van der Waals surface area contributed by atoms with Crippen LogP contribution >= 0.6 is 22.9 Å². The van der Waals surface area contributed by atoms with E-state index in [1.54, 1.807) is 17.0 Å². The van der Waals surface area contributed by atoms with Gasteiger partial charge in [-0.25, -0.2) is 0 Å². The molecule has 1 aromatic rings. The predicted molar refractivity (Wildman–Crippen MR) is 75.3 cm³/mol. The van der Waals surface area contributed by atoms with Crippen molar-refractivity contribution in [3.8, 4) is 0 Å². The van der Waals surface area contributed by atoms with Crippen LogP contribution in [0.4, 0.5) is 0 Å². The summed E-state index contributed by atoms with van der Waals surface area (Å²) in [4.78, 5) is 25.4. The van der Waals surface area contributed by atoms with E-state index in [4.69, 9.17) is 16.7 Å². The van der Waals surface area contributed by atoms with Crippen LogP contribution in [0, 0.1) is 5.92 Å². The Balaban J connectivity index is 1.96. The molecule has 1 atom stereocenters. The first-order valence-corrected chi connectivity index (χ1v) is 7.21. The third-order valence-electron chi connectivity index (χ3n) is 3.07. The van der Waals surface area contributed by atoms with Gasteiger partial charge in [-0.2, -0.15) is 0 Å². The number of aliphatic carboxylic acids is 1. The second-order valence-electron chi connectivity index (χ2n) is 4.44. The third kappa shape index (κ3) is 3.81. The molecule has 0 aliphatic carbocycles. The minimum atomic E-state index is -0.827. The van der Waals surface area contributed by atoms with E-state index in [1.165, 1.54) is 17.4 Å². The highest BCUT2D eigenvalue weighted by Gasteiger charge is 2.27. The van der Waals surface area contributed by atoms with Crippen LogP contribution in [0.2, 0.25) is 4.34 Å². The van der Waals surface area contributed by atoms with Crippen molar-refractivity contribution in [2.75, 3.05) is 13.1 Å². The number of likely N-dealkylation sites (tertiary alicyclic amines) is 1. The van der Waals surface area contributed by atoms with Crippen molar-refractivity contribution in [2.45, 2.75) is 12.8 Å². The standard InChI is InChI=1S/C13H14ClNO3S/c14-11-5-3-10(19-11)4-6-12(16)15-7-1-2-9(8-15)13(17)18/h3-6,9H,1-2,7-8H2,(H,17,18)/b6-4+/t9-/m0/s1. The highest BCUT2D eigenvalue weighted by molar-refractivity contribution is 7.17.